The highest BCUT2D eigenvalue weighted by atomic mass is 16.3. The van der Waals surface area contributed by atoms with Crippen LogP contribution in [-0.2, 0) is 0 Å². The number of aliphatic hydroxyl groups is 1. The molecule has 0 saturated carbocycles. The molecule has 0 bridgehead atoms. The topological polar surface area (TPSA) is 56.1 Å². The van der Waals surface area contributed by atoms with E-state index in [9.17, 15) is 0 Å². The molecule has 0 aromatic carbocycles. The third-order valence-electron chi connectivity index (χ3n) is 0.789. The zero-order valence-corrected chi connectivity index (χ0v) is 5.31. The molecule has 0 aliphatic heterocycles. The molecular weight excluding hydrogens is 116 g/mol. The molecule has 0 heterocycles. The van der Waals surface area contributed by atoms with Gasteiger partial charge in [0.25, 0.3) is 0 Å². The van der Waals surface area contributed by atoms with Gasteiger partial charge in [-0.05, 0) is 0 Å². The van der Waals surface area contributed by atoms with E-state index in [1.807, 2.05) is 0 Å². The van der Waals surface area contributed by atoms with Gasteiger partial charge in [0.05, 0.1) is 0 Å². The number of allylic oxidation sites excluding steroid dienone is 1. The highest BCUT2D eigenvalue weighted by Crippen LogP contribution is 1.96. The smallest absolute Gasteiger partial charge is 0.118 e. The van der Waals surface area contributed by atoms with Crippen molar-refractivity contribution in [3.63, 3.8) is 0 Å². The van der Waals surface area contributed by atoms with Crippen LogP contribution < -0.4 is 5.32 Å². The van der Waals surface area contributed by atoms with E-state index in [1.165, 1.54) is 6.20 Å². The van der Waals surface area contributed by atoms with Gasteiger partial charge in [-0.1, -0.05) is 6.58 Å². The highest BCUT2D eigenvalue weighted by molar-refractivity contribution is 5.80. The van der Waals surface area contributed by atoms with E-state index in [0.29, 0.717) is 5.57 Å². The predicted octanol–water partition coefficient (Wildman–Crippen LogP) is 0.811. The van der Waals surface area contributed by atoms with E-state index in [-0.39, 0.29) is 5.76 Å². The van der Waals surface area contributed by atoms with Crippen molar-refractivity contribution in [2.75, 3.05) is 7.05 Å². The molecule has 3 heteroatoms. The molecule has 9 heavy (non-hydrogen) atoms. The fourth-order valence-electron chi connectivity index (χ4n) is 0.364. The van der Waals surface area contributed by atoms with E-state index in [4.69, 9.17) is 10.5 Å². The van der Waals surface area contributed by atoms with Gasteiger partial charge in [-0.2, -0.15) is 0 Å². The van der Waals surface area contributed by atoms with Crippen LogP contribution in [0.25, 0.3) is 0 Å². The second kappa shape index (κ2) is 3.72. The van der Waals surface area contributed by atoms with Crippen molar-refractivity contribution in [2.24, 2.45) is 0 Å². The second-order valence-corrected chi connectivity index (χ2v) is 1.48. The Morgan fingerprint density at radius 2 is 2.33 bits per heavy atom. The molecule has 0 atom stereocenters. The lowest BCUT2D eigenvalue weighted by atomic mass is 10.3. The van der Waals surface area contributed by atoms with Crippen LogP contribution in [0.1, 0.15) is 0 Å². The molecule has 0 spiro atoms. The van der Waals surface area contributed by atoms with Crippen LogP contribution in [0.2, 0.25) is 0 Å². The van der Waals surface area contributed by atoms with Gasteiger partial charge in [-0.25, -0.2) is 0 Å². The summed E-state index contributed by atoms with van der Waals surface area (Å²) >= 11 is 0. The Morgan fingerprint density at radius 1 is 1.78 bits per heavy atom. The van der Waals surface area contributed by atoms with E-state index >= 15 is 0 Å². The largest absolute Gasteiger partial charge is 0.508 e. The fraction of sp³-hybridized carbons (Fsp3) is 0.167. The molecule has 0 rings (SSSR count). The molecule has 0 saturated heterocycles. The van der Waals surface area contributed by atoms with Crippen LogP contribution in [0, 0.1) is 5.41 Å². The summed E-state index contributed by atoms with van der Waals surface area (Å²) in [7, 11) is 1.69. The van der Waals surface area contributed by atoms with Crippen molar-refractivity contribution in [1.29, 1.82) is 5.41 Å². The van der Waals surface area contributed by atoms with E-state index in [2.05, 4.69) is 11.9 Å². The fourth-order valence-corrected chi connectivity index (χ4v) is 0.364. The average Bonchev–Trinajstić information content (AvgIpc) is 1.82. The van der Waals surface area contributed by atoms with Crippen LogP contribution in [0.15, 0.2) is 24.1 Å². The SMILES string of the molecule is C=C(O)/C(C=N)=C/NC. The van der Waals surface area contributed by atoms with Crippen molar-refractivity contribution < 1.29 is 5.11 Å². The molecule has 3 nitrogen and oxygen atoms in total. The average molecular weight is 126 g/mol. The lowest BCUT2D eigenvalue weighted by Gasteiger charge is -1.95. The maximum absolute atomic E-state index is 8.69. The summed E-state index contributed by atoms with van der Waals surface area (Å²) in [5, 5.41) is 18.1. The van der Waals surface area contributed by atoms with Crippen LogP contribution in [-0.4, -0.2) is 18.4 Å². The zero-order valence-electron chi connectivity index (χ0n) is 5.31. The third kappa shape index (κ3) is 2.54. The summed E-state index contributed by atoms with van der Waals surface area (Å²) in [6, 6.07) is 0. The molecule has 0 fully saturated rings. The second-order valence-electron chi connectivity index (χ2n) is 1.48. The Balaban J connectivity index is 4.14. The number of aliphatic hydroxyl groups excluding tert-OH is 1. The Labute approximate surface area is 54.2 Å². The molecule has 0 amide bonds. The molecule has 0 radical (unpaired) electrons. The zero-order chi connectivity index (χ0) is 7.28. The maximum atomic E-state index is 8.69. The Kier molecular flexibility index (Phi) is 3.20. The summed E-state index contributed by atoms with van der Waals surface area (Å²) in [5.74, 6) is -0.0978. The van der Waals surface area contributed by atoms with Crippen LogP contribution in [0.3, 0.4) is 0 Å². The minimum atomic E-state index is -0.0978. The highest BCUT2D eigenvalue weighted by Gasteiger charge is 1.92. The molecule has 0 unspecified atom stereocenters. The number of nitrogens with one attached hydrogen (secondary N) is 2. The van der Waals surface area contributed by atoms with Gasteiger partial charge in [-0.3, -0.25) is 0 Å². The van der Waals surface area contributed by atoms with Gasteiger partial charge in [0, 0.05) is 25.0 Å². The van der Waals surface area contributed by atoms with Crippen molar-refractivity contribution >= 4 is 6.21 Å². The predicted molar refractivity (Wildman–Crippen MR) is 37.7 cm³/mol. The minimum absolute atomic E-state index is 0.0978. The van der Waals surface area contributed by atoms with Crippen molar-refractivity contribution in [2.45, 2.75) is 0 Å². The Bertz CT molecular complexity index is 149. The number of hydrogen-bond donors (Lipinski definition) is 3. The summed E-state index contributed by atoms with van der Waals surface area (Å²) in [6.45, 7) is 3.24. The summed E-state index contributed by atoms with van der Waals surface area (Å²) < 4.78 is 0. The van der Waals surface area contributed by atoms with E-state index in [1.54, 1.807) is 7.05 Å². The van der Waals surface area contributed by atoms with Gasteiger partial charge in [-0.15, -0.1) is 0 Å². The standard InChI is InChI=1S/C6H10N2O/c1-5(9)6(3-7)4-8-2/h3-4,7-9H,1H2,2H3/b6-4+,7-3?. The quantitative estimate of drug-likeness (QED) is 0.298. The summed E-state index contributed by atoms with van der Waals surface area (Å²) in [6.07, 6.45) is 2.52. The Hall–Kier alpha value is -1.25. The van der Waals surface area contributed by atoms with Gasteiger partial charge >= 0.3 is 0 Å². The third-order valence-corrected chi connectivity index (χ3v) is 0.789. The monoisotopic (exact) mass is 126 g/mol. The number of hydrogen-bond acceptors (Lipinski definition) is 3. The molecule has 0 aromatic rings. The maximum Gasteiger partial charge on any atom is 0.118 e. The first-order chi connectivity index (χ1) is 4.22. The van der Waals surface area contributed by atoms with Crippen LogP contribution in [0.4, 0.5) is 0 Å². The molecule has 0 aromatic heterocycles. The van der Waals surface area contributed by atoms with Gasteiger partial charge < -0.3 is 15.8 Å². The van der Waals surface area contributed by atoms with Gasteiger partial charge in [0.2, 0.25) is 0 Å². The first-order valence-corrected chi connectivity index (χ1v) is 2.48. The molecule has 3 N–H and O–H groups in total. The Morgan fingerprint density at radius 3 is 2.44 bits per heavy atom. The van der Waals surface area contributed by atoms with E-state index < -0.39 is 0 Å². The molecule has 50 valence electrons. The van der Waals surface area contributed by atoms with Gasteiger partial charge in [0.1, 0.15) is 5.76 Å². The first-order valence-electron chi connectivity index (χ1n) is 2.48. The summed E-state index contributed by atoms with van der Waals surface area (Å²) in [4.78, 5) is 0. The van der Waals surface area contributed by atoms with Crippen LogP contribution >= 0.6 is 0 Å². The minimum Gasteiger partial charge on any atom is -0.508 e. The molecule has 0 aliphatic carbocycles. The van der Waals surface area contributed by atoms with Crippen molar-refractivity contribution in [1.82, 2.24) is 5.32 Å². The molecule has 0 aliphatic rings. The summed E-state index contributed by atoms with van der Waals surface area (Å²) in [5.41, 5.74) is 0.387. The molecular formula is C6H10N2O. The van der Waals surface area contributed by atoms with Crippen LogP contribution in [0.5, 0.6) is 0 Å². The first kappa shape index (κ1) is 7.75. The normalized spacial score (nSPS) is 10.6. The lowest BCUT2D eigenvalue weighted by Crippen LogP contribution is -1.98. The lowest BCUT2D eigenvalue weighted by molar-refractivity contribution is 0.431. The number of rotatable bonds is 3. The van der Waals surface area contributed by atoms with Crippen molar-refractivity contribution in [3.05, 3.63) is 24.1 Å². The van der Waals surface area contributed by atoms with Gasteiger partial charge in [0.15, 0.2) is 0 Å². The van der Waals surface area contributed by atoms with E-state index in [0.717, 1.165) is 6.21 Å². The van der Waals surface area contributed by atoms with Crippen molar-refractivity contribution in [3.8, 4) is 0 Å².